The lowest BCUT2D eigenvalue weighted by Gasteiger charge is -2.35. The number of aromatic nitrogens is 3. The summed E-state index contributed by atoms with van der Waals surface area (Å²) in [6, 6.07) is 0.964. The van der Waals surface area contributed by atoms with E-state index in [-0.39, 0.29) is 11.8 Å². The molecule has 0 aromatic carbocycles. The first-order valence-electron chi connectivity index (χ1n) is 13.3. The maximum absolute atomic E-state index is 13.0. The Hall–Kier alpha value is -2.16. The van der Waals surface area contributed by atoms with Gasteiger partial charge in [-0.25, -0.2) is 0 Å². The molecular weight excluding hydrogens is 428 g/mol. The molecule has 1 saturated heterocycles. The summed E-state index contributed by atoms with van der Waals surface area (Å²) in [5.74, 6) is 2.20. The maximum Gasteiger partial charge on any atom is 0.231 e. The SMILES string of the molecule is CCN(CC)C(=O)C1CCCN(c2nc(NCCN(C(C)C)C(C)C)nc(N(CC)CC)n2)C1. The van der Waals surface area contributed by atoms with Gasteiger partial charge >= 0.3 is 0 Å². The molecule has 1 aliphatic rings. The second-order valence-electron chi connectivity index (χ2n) is 9.58. The zero-order valence-corrected chi connectivity index (χ0v) is 22.8. The first-order valence-corrected chi connectivity index (χ1v) is 13.3. The van der Waals surface area contributed by atoms with Gasteiger partial charge in [-0.05, 0) is 68.2 Å². The molecule has 1 aromatic rings. The molecule has 9 heteroatoms. The third-order valence-corrected chi connectivity index (χ3v) is 6.77. The van der Waals surface area contributed by atoms with Crippen molar-refractivity contribution in [3.05, 3.63) is 0 Å². The number of hydrogen-bond donors (Lipinski definition) is 1. The third kappa shape index (κ3) is 7.42. The molecule has 9 nitrogen and oxygen atoms in total. The summed E-state index contributed by atoms with van der Waals surface area (Å²) in [4.78, 5) is 36.1. The summed E-state index contributed by atoms with van der Waals surface area (Å²) in [5, 5.41) is 3.45. The summed E-state index contributed by atoms with van der Waals surface area (Å²) in [7, 11) is 0. The van der Waals surface area contributed by atoms with Gasteiger partial charge in [-0.15, -0.1) is 0 Å². The summed E-state index contributed by atoms with van der Waals surface area (Å²) in [5.41, 5.74) is 0. The summed E-state index contributed by atoms with van der Waals surface area (Å²) in [6.07, 6.45) is 1.88. The highest BCUT2D eigenvalue weighted by Crippen LogP contribution is 2.24. The highest BCUT2D eigenvalue weighted by atomic mass is 16.2. The van der Waals surface area contributed by atoms with Crippen molar-refractivity contribution in [3.63, 3.8) is 0 Å². The number of rotatable bonds is 13. The molecule has 34 heavy (non-hydrogen) atoms. The number of carbonyl (C=O) groups is 1. The van der Waals surface area contributed by atoms with E-state index in [1.807, 2.05) is 18.7 Å². The highest BCUT2D eigenvalue weighted by Gasteiger charge is 2.30. The van der Waals surface area contributed by atoms with Gasteiger partial charge in [-0.3, -0.25) is 9.69 Å². The van der Waals surface area contributed by atoms with Gasteiger partial charge in [0.1, 0.15) is 0 Å². The Morgan fingerprint density at radius 3 is 2.21 bits per heavy atom. The van der Waals surface area contributed by atoms with E-state index >= 15 is 0 Å². The van der Waals surface area contributed by atoms with Crippen molar-refractivity contribution in [2.45, 2.75) is 80.3 Å². The fourth-order valence-electron chi connectivity index (χ4n) is 4.79. The standard InChI is InChI=1S/C25H48N8O/c1-9-30(10-2)22(34)21-14-13-16-32(18-21)25-28-23(27-24(29-25)31(11-3)12-4)26-15-17-33(19(5)6)20(7)8/h19-21H,9-18H2,1-8H3,(H,26,27,28,29). The zero-order valence-electron chi connectivity index (χ0n) is 22.8. The second-order valence-corrected chi connectivity index (χ2v) is 9.58. The predicted octanol–water partition coefficient (Wildman–Crippen LogP) is 3.33. The smallest absolute Gasteiger partial charge is 0.231 e. The van der Waals surface area contributed by atoms with Crippen LogP contribution in [0.1, 0.15) is 68.2 Å². The topological polar surface area (TPSA) is 80.7 Å². The van der Waals surface area contributed by atoms with E-state index in [0.717, 1.165) is 58.7 Å². The van der Waals surface area contributed by atoms with Crippen LogP contribution in [-0.4, -0.2) is 95.1 Å². The molecule has 1 amide bonds. The van der Waals surface area contributed by atoms with E-state index in [1.165, 1.54) is 0 Å². The van der Waals surface area contributed by atoms with Crippen LogP contribution in [-0.2, 0) is 4.79 Å². The zero-order chi connectivity index (χ0) is 25.3. The summed E-state index contributed by atoms with van der Waals surface area (Å²) >= 11 is 0. The van der Waals surface area contributed by atoms with Gasteiger partial charge in [0.2, 0.25) is 23.8 Å². The molecule has 2 rings (SSSR count). The van der Waals surface area contributed by atoms with Gasteiger partial charge in [0.25, 0.3) is 0 Å². The molecule has 0 spiro atoms. The molecule has 1 N–H and O–H groups in total. The number of nitrogens with one attached hydrogen (secondary N) is 1. The number of piperidine rings is 1. The van der Waals surface area contributed by atoms with Crippen LogP contribution in [0.4, 0.5) is 17.8 Å². The lowest BCUT2D eigenvalue weighted by Crippen LogP contribution is -2.45. The fraction of sp³-hybridized carbons (Fsp3) is 0.840. The van der Waals surface area contributed by atoms with Crippen molar-refractivity contribution in [3.8, 4) is 0 Å². The van der Waals surface area contributed by atoms with Crippen LogP contribution in [0, 0.1) is 5.92 Å². The van der Waals surface area contributed by atoms with Crippen LogP contribution >= 0.6 is 0 Å². The van der Waals surface area contributed by atoms with Crippen LogP contribution < -0.4 is 15.1 Å². The Balaban J connectivity index is 2.23. The van der Waals surface area contributed by atoms with Crippen LogP contribution in [0.15, 0.2) is 0 Å². The minimum Gasteiger partial charge on any atom is -0.353 e. The second kappa shape index (κ2) is 13.7. The molecule has 1 unspecified atom stereocenters. The average molecular weight is 477 g/mol. The normalized spacial score (nSPS) is 16.4. The molecule has 2 heterocycles. The van der Waals surface area contributed by atoms with E-state index in [9.17, 15) is 4.79 Å². The van der Waals surface area contributed by atoms with Gasteiger partial charge in [0.05, 0.1) is 5.92 Å². The maximum atomic E-state index is 13.0. The van der Waals surface area contributed by atoms with Crippen molar-refractivity contribution < 1.29 is 4.79 Å². The molecule has 1 atom stereocenters. The first-order chi connectivity index (χ1) is 16.2. The number of amides is 1. The molecule has 0 radical (unpaired) electrons. The van der Waals surface area contributed by atoms with Gasteiger partial charge in [-0.1, -0.05) is 0 Å². The van der Waals surface area contributed by atoms with Gasteiger partial charge in [0.15, 0.2) is 0 Å². The number of carbonyl (C=O) groups excluding carboxylic acids is 1. The number of anilines is 3. The lowest BCUT2D eigenvalue weighted by molar-refractivity contribution is -0.135. The Morgan fingerprint density at radius 1 is 1.00 bits per heavy atom. The average Bonchev–Trinajstić information content (AvgIpc) is 2.82. The van der Waals surface area contributed by atoms with Gasteiger partial charge in [-0.2, -0.15) is 15.0 Å². The van der Waals surface area contributed by atoms with Crippen molar-refractivity contribution in [2.75, 3.05) is 67.5 Å². The Kier molecular flexibility index (Phi) is 11.3. The van der Waals surface area contributed by atoms with E-state index in [0.29, 0.717) is 36.5 Å². The van der Waals surface area contributed by atoms with E-state index in [1.54, 1.807) is 0 Å². The molecule has 0 bridgehead atoms. The fourth-order valence-corrected chi connectivity index (χ4v) is 4.79. The molecule has 1 aromatic heterocycles. The van der Waals surface area contributed by atoms with Crippen molar-refractivity contribution >= 4 is 23.8 Å². The van der Waals surface area contributed by atoms with Crippen LogP contribution in [0.5, 0.6) is 0 Å². The molecule has 0 aliphatic carbocycles. The molecule has 0 saturated carbocycles. The van der Waals surface area contributed by atoms with E-state index in [4.69, 9.17) is 15.0 Å². The van der Waals surface area contributed by atoms with E-state index in [2.05, 4.69) is 61.6 Å². The summed E-state index contributed by atoms with van der Waals surface area (Å²) in [6.45, 7) is 23.6. The molecule has 194 valence electrons. The number of nitrogens with zero attached hydrogens (tertiary/aromatic N) is 7. The van der Waals surface area contributed by atoms with Crippen LogP contribution in [0.2, 0.25) is 0 Å². The Morgan fingerprint density at radius 2 is 1.65 bits per heavy atom. The van der Waals surface area contributed by atoms with E-state index < -0.39 is 0 Å². The molecular formula is C25H48N8O. The largest absolute Gasteiger partial charge is 0.353 e. The van der Waals surface area contributed by atoms with Crippen LogP contribution in [0.25, 0.3) is 0 Å². The van der Waals surface area contributed by atoms with Crippen LogP contribution in [0.3, 0.4) is 0 Å². The lowest BCUT2D eigenvalue weighted by atomic mass is 9.96. The van der Waals surface area contributed by atoms with Crippen molar-refractivity contribution in [1.29, 1.82) is 0 Å². The Labute approximate surface area is 207 Å². The molecule has 1 aliphatic heterocycles. The number of hydrogen-bond acceptors (Lipinski definition) is 8. The third-order valence-electron chi connectivity index (χ3n) is 6.77. The minimum atomic E-state index is -0.00984. The van der Waals surface area contributed by atoms with Gasteiger partial charge in [0, 0.05) is 64.4 Å². The molecule has 1 fully saturated rings. The first kappa shape index (κ1) is 28.1. The summed E-state index contributed by atoms with van der Waals surface area (Å²) < 4.78 is 0. The quantitative estimate of drug-likeness (QED) is 0.464. The van der Waals surface area contributed by atoms with Gasteiger partial charge < -0.3 is 20.0 Å². The van der Waals surface area contributed by atoms with Crippen molar-refractivity contribution in [2.24, 2.45) is 5.92 Å². The highest BCUT2D eigenvalue weighted by molar-refractivity contribution is 5.79. The Bertz CT molecular complexity index is 740. The minimum absolute atomic E-state index is 0.00984. The predicted molar refractivity (Wildman–Crippen MR) is 142 cm³/mol. The van der Waals surface area contributed by atoms with Crippen molar-refractivity contribution in [1.82, 2.24) is 24.8 Å². The monoisotopic (exact) mass is 476 g/mol.